The van der Waals surface area contributed by atoms with Crippen molar-refractivity contribution in [3.8, 4) is 0 Å². The van der Waals surface area contributed by atoms with Gasteiger partial charge >= 0.3 is 0 Å². The molecule has 2 atom stereocenters. The average Bonchev–Trinajstić information content (AvgIpc) is 2.40. The zero-order chi connectivity index (χ0) is 13.4. The fourth-order valence-corrected chi connectivity index (χ4v) is 1.60. The Morgan fingerprint density at radius 3 is 2.67 bits per heavy atom. The summed E-state index contributed by atoms with van der Waals surface area (Å²) in [5, 5.41) is 9.88. The number of hydrogen-bond acceptors (Lipinski definition) is 3. The van der Waals surface area contributed by atoms with Crippen molar-refractivity contribution in [2.75, 3.05) is 6.61 Å². The van der Waals surface area contributed by atoms with Gasteiger partial charge in [0.25, 0.3) is 0 Å². The molecule has 0 fully saturated rings. The molecular formula is C15H20O3. The van der Waals surface area contributed by atoms with E-state index in [1.165, 1.54) is 0 Å². The summed E-state index contributed by atoms with van der Waals surface area (Å²) >= 11 is 0. The number of aldehydes is 1. The topological polar surface area (TPSA) is 46.5 Å². The number of rotatable bonds is 8. The second-order valence-corrected chi connectivity index (χ2v) is 4.64. The lowest BCUT2D eigenvalue weighted by molar-refractivity contribution is -0.127. The molecular weight excluding hydrogens is 228 g/mol. The number of hydrogen-bond donors (Lipinski definition) is 1. The molecule has 18 heavy (non-hydrogen) atoms. The van der Waals surface area contributed by atoms with Gasteiger partial charge in [-0.25, -0.2) is 0 Å². The van der Waals surface area contributed by atoms with Crippen LogP contribution in [0.3, 0.4) is 0 Å². The van der Waals surface area contributed by atoms with E-state index in [1.54, 1.807) is 13.0 Å². The summed E-state index contributed by atoms with van der Waals surface area (Å²) in [6, 6.07) is 9.72. The van der Waals surface area contributed by atoms with Gasteiger partial charge in [-0.1, -0.05) is 36.4 Å². The predicted octanol–water partition coefficient (Wildman–Crippen LogP) is 2.35. The molecule has 0 saturated heterocycles. The maximum atomic E-state index is 11.1. The molecule has 0 aromatic heterocycles. The largest absolute Gasteiger partial charge is 0.392 e. The Bertz CT molecular complexity index is 375. The first-order chi connectivity index (χ1) is 8.62. The van der Waals surface area contributed by atoms with Crippen LogP contribution in [0, 0.1) is 5.41 Å². The Kier molecular flexibility index (Phi) is 5.75. The molecule has 0 unspecified atom stereocenters. The van der Waals surface area contributed by atoms with Gasteiger partial charge in [-0.15, -0.1) is 6.58 Å². The van der Waals surface area contributed by atoms with Crippen LogP contribution in [0.15, 0.2) is 43.0 Å². The summed E-state index contributed by atoms with van der Waals surface area (Å²) < 4.78 is 5.52. The van der Waals surface area contributed by atoms with E-state index in [0.29, 0.717) is 13.0 Å². The summed E-state index contributed by atoms with van der Waals surface area (Å²) in [5.41, 5.74) is 0.159. The van der Waals surface area contributed by atoms with E-state index in [1.807, 2.05) is 30.3 Å². The van der Waals surface area contributed by atoms with E-state index in [9.17, 15) is 9.90 Å². The molecule has 0 aliphatic heterocycles. The van der Waals surface area contributed by atoms with Gasteiger partial charge in [-0.3, -0.25) is 0 Å². The van der Waals surface area contributed by atoms with Gasteiger partial charge in [0, 0.05) is 0 Å². The van der Waals surface area contributed by atoms with E-state index >= 15 is 0 Å². The van der Waals surface area contributed by atoms with Crippen LogP contribution >= 0.6 is 0 Å². The minimum Gasteiger partial charge on any atom is -0.392 e. The third-order valence-electron chi connectivity index (χ3n) is 2.95. The maximum Gasteiger partial charge on any atom is 0.130 e. The minimum atomic E-state index is -0.886. The molecule has 0 bridgehead atoms. The molecule has 0 heterocycles. The molecule has 3 heteroatoms. The standard InChI is InChI=1S/C15H20O3/c1-3-7-14(17)15(2,11-16)12-18-10-13-8-5-4-6-9-13/h3-6,8-9,11,14,17H,1,7,10,12H2,2H3/t14-,15-/m1/s1. The van der Waals surface area contributed by atoms with Gasteiger partial charge in [0.2, 0.25) is 0 Å². The van der Waals surface area contributed by atoms with Gasteiger partial charge in [0.15, 0.2) is 0 Å². The zero-order valence-electron chi connectivity index (χ0n) is 10.7. The number of carbonyl (C=O) groups is 1. The summed E-state index contributed by atoms with van der Waals surface area (Å²) in [7, 11) is 0. The summed E-state index contributed by atoms with van der Waals surface area (Å²) in [6.45, 7) is 5.88. The van der Waals surface area contributed by atoms with Gasteiger partial charge < -0.3 is 14.6 Å². The number of benzene rings is 1. The molecule has 1 rings (SSSR count). The van der Waals surface area contributed by atoms with Crippen molar-refractivity contribution in [3.63, 3.8) is 0 Å². The van der Waals surface area contributed by atoms with Crippen molar-refractivity contribution in [2.24, 2.45) is 5.41 Å². The second-order valence-electron chi connectivity index (χ2n) is 4.64. The lowest BCUT2D eigenvalue weighted by atomic mass is 9.85. The van der Waals surface area contributed by atoms with E-state index in [-0.39, 0.29) is 6.61 Å². The first-order valence-corrected chi connectivity index (χ1v) is 5.99. The first-order valence-electron chi connectivity index (χ1n) is 5.99. The fraction of sp³-hybridized carbons (Fsp3) is 0.400. The monoisotopic (exact) mass is 248 g/mol. The van der Waals surface area contributed by atoms with Crippen LogP contribution in [0.4, 0.5) is 0 Å². The Balaban J connectivity index is 2.49. The second kappa shape index (κ2) is 7.09. The Hall–Kier alpha value is -1.45. The fourth-order valence-electron chi connectivity index (χ4n) is 1.60. The smallest absolute Gasteiger partial charge is 0.130 e. The SMILES string of the molecule is C=CC[C@@H](O)[C@](C)(C=O)COCc1ccccc1. The van der Waals surface area contributed by atoms with Crippen LogP contribution in [-0.2, 0) is 16.1 Å². The lowest BCUT2D eigenvalue weighted by Gasteiger charge is -2.28. The third kappa shape index (κ3) is 4.09. The van der Waals surface area contributed by atoms with Crippen molar-refractivity contribution < 1.29 is 14.6 Å². The molecule has 0 saturated carbocycles. The zero-order valence-corrected chi connectivity index (χ0v) is 10.7. The first kappa shape index (κ1) is 14.6. The molecule has 0 radical (unpaired) electrons. The van der Waals surface area contributed by atoms with Crippen molar-refractivity contribution in [2.45, 2.75) is 26.1 Å². The van der Waals surface area contributed by atoms with Gasteiger partial charge in [-0.2, -0.15) is 0 Å². The summed E-state index contributed by atoms with van der Waals surface area (Å²) in [6.07, 6.45) is 1.97. The minimum absolute atomic E-state index is 0.195. The van der Waals surface area contributed by atoms with Crippen LogP contribution in [0.25, 0.3) is 0 Å². The number of carbonyl (C=O) groups excluding carboxylic acids is 1. The normalized spacial score (nSPS) is 15.7. The summed E-state index contributed by atoms with van der Waals surface area (Å²) in [5.74, 6) is 0. The molecule has 1 aromatic rings. The highest BCUT2D eigenvalue weighted by molar-refractivity contribution is 5.60. The van der Waals surface area contributed by atoms with Gasteiger partial charge in [0.05, 0.1) is 24.7 Å². The molecule has 0 aliphatic rings. The maximum absolute atomic E-state index is 11.1. The highest BCUT2D eigenvalue weighted by Gasteiger charge is 2.32. The van der Waals surface area contributed by atoms with Crippen molar-refractivity contribution in [1.82, 2.24) is 0 Å². The van der Waals surface area contributed by atoms with Gasteiger partial charge in [-0.05, 0) is 18.9 Å². The van der Waals surface area contributed by atoms with Gasteiger partial charge in [0.1, 0.15) is 6.29 Å². The average molecular weight is 248 g/mol. The highest BCUT2D eigenvalue weighted by Crippen LogP contribution is 2.22. The van der Waals surface area contributed by atoms with E-state index in [0.717, 1.165) is 11.8 Å². The van der Waals surface area contributed by atoms with E-state index in [2.05, 4.69) is 6.58 Å². The van der Waals surface area contributed by atoms with Crippen LogP contribution < -0.4 is 0 Å². The number of aliphatic hydroxyl groups is 1. The van der Waals surface area contributed by atoms with Crippen LogP contribution in [0.5, 0.6) is 0 Å². The molecule has 3 nitrogen and oxygen atoms in total. The van der Waals surface area contributed by atoms with Crippen molar-refractivity contribution in [3.05, 3.63) is 48.6 Å². The molecule has 1 aromatic carbocycles. The van der Waals surface area contributed by atoms with Crippen LogP contribution in [0.1, 0.15) is 18.9 Å². The Morgan fingerprint density at radius 2 is 2.11 bits per heavy atom. The van der Waals surface area contributed by atoms with Crippen molar-refractivity contribution >= 4 is 6.29 Å². The predicted molar refractivity (Wildman–Crippen MR) is 71.1 cm³/mol. The Morgan fingerprint density at radius 1 is 1.44 bits per heavy atom. The van der Waals surface area contributed by atoms with Crippen LogP contribution in [0.2, 0.25) is 0 Å². The molecule has 0 amide bonds. The summed E-state index contributed by atoms with van der Waals surface area (Å²) in [4.78, 5) is 11.1. The van der Waals surface area contributed by atoms with E-state index < -0.39 is 11.5 Å². The van der Waals surface area contributed by atoms with Crippen LogP contribution in [-0.4, -0.2) is 24.1 Å². The molecule has 0 aliphatic carbocycles. The molecule has 0 spiro atoms. The van der Waals surface area contributed by atoms with E-state index in [4.69, 9.17) is 4.74 Å². The quantitative estimate of drug-likeness (QED) is 0.567. The third-order valence-corrected chi connectivity index (χ3v) is 2.95. The lowest BCUT2D eigenvalue weighted by Crippen LogP contribution is -2.38. The van der Waals surface area contributed by atoms with Crippen molar-refractivity contribution in [1.29, 1.82) is 0 Å². The molecule has 1 N–H and O–H groups in total. The number of ether oxygens (including phenoxy) is 1. The Labute approximate surface area is 108 Å². The molecule has 98 valence electrons. The number of aliphatic hydroxyl groups excluding tert-OH is 1. The highest BCUT2D eigenvalue weighted by atomic mass is 16.5.